The van der Waals surface area contributed by atoms with Crippen molar-refractivity contribution in [1.29, 1.82) is 0 Å². The molecule has 2 aromatic carbocycles. The lowest BCUT2D eigenvalue weighted by molar-refractivity contribution is 0.0732. The predicted octanol–water partition coefficient (Wildman–Crippen LogP) is 4.43. The van der Waals surface area contributed by atoms with E-state index in [4.69, 9.17) is 4.98 Å². The molecule has 2 aromatic heterocycles. The minimum absolute atomic E-state index is 0.00264. The molecule has 3 heterocycles. The van der Waals surface area contributed by atoms with E-state index in [-0.39, 0.29) is 17.8 Å². The van der Waals surface area contributed by atoms with Crippen molar-refractivity contribution in [2.24, 2.45) is 0 Å². The molecule has 0 N–H and O–H groups in total. The van der Waals surface area contributed by atoms with Crippen LogP contribution in [-0.2, 0) is 13.0 Å². The first-order valence-corrected chi connectivity index (χ1v) is 11.1. The second-order valence-corrected chi connectivity index (χ2v) is 8.30. The number of carbonyl (C=O) groups excluding carboxylic acids is 1. The minimum atomic E-state index is -0.265. The monoisotopic (exact) mass is 441 g/mol. The smallest absolute Gasteiger partial charge is 0.254 e. The molecule has 1 saturated heterocycles. The number of rotatable bonds is 6. The topological polar surface area (TPSA) is 63.9 Å². The third kappa shape index (κ3) is 4.82. The molecule has 0 aliphatic carbocycles. The van der Waals surface area contributed by atoms with Gasteiger partial charge in [-0.15, -0.1) is 0 Å². The molecule has 7 heteroatoms. The van der Waals surface area contributed by atoms with Crippen molar-refractivity contribution in [3.63, 3.8) is 0 Å². The Balaban J connectivity index is 1.34. The summed E-state index contributed by atoms with van der Waals surface area (Å²) >= 11 is 0. The van der Waals surface area contributed by atoms with E-state index < -0.39 is 0 Å². The molecule has 0 spiro atoms. The molecule has 0 unspecified atom stereocenters. The van der Waals surface area contributed by atoms with Crippen LogP contribution in [0.15, 0.2) is 79.4 Å². The molecule has 0 saturated carbocycles. The van der Waals surface area contributed by atoms with Gasteiger partial charge in [0.25, 0.3) is 5.91 Å². The number of aromatic nitrogens is 4. The Bertz CT molecular complexity index is 1260. The van der Waals surface area contributed by atoms with Crippen molar-refractivity contribution < 1.29 is 9.18 Å². The van der Waals surface area contributed by atoms with Gasteiger partial charge < -0.3 is 4.90 Å². The molecule has 1 aliphatic rings. The van der Waals surface area contributed by atoms with Crippen LogP contribution >= 0.6 is 0 Å². The van der Waals surface area contributed by atoms with Crippen molar-refractivity contribution in [2.75, 3.05) is 6.54 Å². The fraction of sp³-hybridized carbons (Fsp3) is 0.231. The van der Waals surface area contributed by atoms with Crippen molar-refractivity contribution in [1.82, 2.24) is 24.6 Å². The third-order valence-electron chi connectivity index (χ3n) is 5.91. The molecule has 6 nitrogen and oxygen atoms in total. The largest absolute Gasteiger partial charge is 0.330 e. The lowest BCUT2D eigenvalue weighted by Crippen LogP contribution is -2.31. The van der Waals surface area contributed by atoms with E-state index in [0.29, 0.717) is 25.1 Å². The predicted molar refractivity (Wildman–Crippen MR) is 122 cm³/mol. The van der Waals surface area contributed by atoms with Crippen LogP contribution in [0.3, 0.4) is 0 Å². The number of halogens is 1. The molecule has 1 fully saturated rings. The molecule has 4 aromatic rings. The van der Waals surface area contributed by atoms with Crippen LogP contribution in [-0.4, -0.2) is 37.1 Å². The quantitative estimate of drug-likeness (QED) is 0.444. The number of nitrogens with zero attached hydrogens (tertiary/aromatic N) is 5. The number of amides is 1. The van der Waals surface area contributed by atoms with Gasteiger partial charge in [0.15, 0.2) is 0 Å². The first-order valence-electron chi connectivity index (χ1n) is 11.1. The Morgan fingerprint density at radius 2 is 1.94 bits per heavy atom. The summed E-state index contributed by atoms with van der Waals surface area (Å²) in [6, 6.07) is 16.0. The zero-order chi connectivity index (χ0) is 22.6. The van der Waals surface area contributed by atoms with E-state index in [1.165, 1.54) is 12.1 Å². The Kier molecular flexibility index (Phi) is 5.93. The maximum Gasteiger partial charge on any atom is 0.254 e. The number of hydrogen-bond donors (Lipinski definition) is 0. The summed E-state index contributed by atoms with van der Waals surface area (Å²) in [6.45, 7) is 1.30. The Morgan fingerprint density at radius 1 is 1.06 bits per heavy atom. The zero-order valence-electron chi connectivity index (χ0n) is 18.1. The molecule has 5 rings (SSSR count). The summed E-state index contributed by atoms with van der Waals surface area (Å²) in [5, 5.41) is 4.24. The standard InChI is InChI=1S/C26H24FN5O/c27-22-8-2-5-19(14-22)15-23-16-28-17-24(30-23)25-9-3-12-32(25)26(33)21-7-1-6-20(13-21)18-31-11-4-10-29-31/h1-2,4-8,10-11,13-14,16-17,25H,3,9,12,15,18H2/t25-/m1/s1. The summed E-state index contributed by atoms with van der Waals surface area (Å²) in [6.07, 6.45) is 9.34. The first-order chi connectivity index (χ1) is 16.2. The van der Waals surface area contributed by atoms with Gasteiger partial charge in [0, 0.05) is 37.1 Å². The van der Waals surface area contributed by atoms with Crippen LogP contribution in [0.5, 0.6) is 0 Å². The van der Waals surface area contributed by atoms with Crippen LogP contribution in [0, 0.1) is 5.82 Å². The molecule has 33 heavy (non-hydrogen) atoms. The van der Waals surface area contributed by atoms with E-state index >= 15 is 0 Å². The molecular formula is C26H24FN5O. The molecule has 1 atom stereocenters. The Labute approximate surface area is 191 Å². The maximum atomic E-state index is 13.5. The van der Waals surface area contributed by atoms with Crippen LogP contribution in [0.25, 0.3) is 0 Å². The molecule has 1 aliphatic heterocycles. The molecular weight excluding hydrogens is 417 g/mol. The van der Waals surface area contributed by atoms with Gasteiger partial charge in [-0.1, -0.05) is 24.3 Å². The number of benzene rings is 2. The number of hydrogen-bond acceptors (Lipinski definition) is 4. The van der Waals surface area contributed by atoms with Gasteiger partial charge in [0.2, 0.25) is 0 Å². The van der Waals surface area contributed by atoms with Crippen molar-refractivity contribution >= 4 is 5.91 Å². The Hall–Kier alpha value is -3.87. The van der Waals surface area contributed by atoms with E-state index in [9.17, 15) is 9.18 Å². The molecule has 0 bridgehead atoms. The number of carbonyl (C=O) groups is 1. The highest BCUT2D eigenvalue weighted by atomic mass is 19.1. The second-order valence-electron chi connectivity index (χ2n) is 8.30. The van der Waals surface area contributed by atoms with Crippen LogP contribution in [0.2, 0.25) is 0 Å². The van der Waals surface area contributed by atoms with Crippen molar-refractivity contribution in [3.05, 3.63) is 113 Å². The van der Waals surface area contributed by atoms with E-state index in [1.54, 1.807) is 24.7 Å². The number of likely N-dealkylation sites (tertiary alicyclic amines) is 1. The fourth-order valence-corrected chi connectivity index (χ4v) is 4.39. The van der Waals surface area contributed by atoms with Crippen LogP contribution in [0.1, 0.15) is 51.8 Å². The summed E-state index contributed by atoms with van der Waals surface area (Å²) in [7, 11) is 0. The van der Waals surface area contributed by atoms with Crippen LogP contribution < -0.4 is 0 Å². The molecule has 0 radical (unpaired) electrons. The first kappa shape index (κ1) is 21.0. The normalized spacial score (nSPS) is 15.7. The van der Waals surface area contributed by atoms with Gasteiger partial charge in [0.1, 0.15) is 5.82 Å². The summed E-state index contributed by atoms with van der Waals surface area (Å²) in [4.78, 5) is 24.5. The zero-order valence-corrected chi connectivity index (χ0v) is 18.1. The SMILES string of the molecule is O=C(c1cccc(Cn2cccn2)c1)N1CCC[C@@H]1c1cncc(Cc2cccc(F)c2)n1. The van der Waals surface area contributed by atoms with Gasteiger partial charge >= 0.3 is 0 Å². The fourth-order valence-electron chi connectivity index (χ4n) is 4.39. The summed E-state index contributed by atoms with van der Waals surface area (Å²) in [5.74, 6) is -0.267. The average molecular weight is 442 g/mol. The highest BCUT2D eigenvalue weighted by Crippen LogP contribution is 2.32. The van der Waals surface area contributed by atoms with Gasteiger partial charge in [-0.2, -0.15) is 5.10 Å². The summed E-state index contributed by atoms with van der Waals surface area (Å²) < 4.78 is 15.4. The lowest BCUT2D eigenvalue weighted by atomic mass is 10.1. The van der Waals surface area contributed by atoms with Gasteiger partial charge in [-0.25, -0.2) is 4.39 Å². The maximum absolute atomic E-state index is 13.5. The third-order valence-corrected chi connectivity index (χ3v) is 5.91. The van der Waals surface area contributed by atoms with Crippen molar-refractivity contribution in [3.8, 4) is 0 Å². The lowest BCUT2D eigenvalue weighted by Gasteiger charge is -2.24. The Morgan fingerprint density at radius 3 is 2.79 bits per heavy atom. The molecule has 166 valence electrons. The highest BCUT2D eigenvalue weighted by molar-refractivity contribution is 5.94. The minimum Gasteiger partial charge on any atom is -0.330 e. The molecule has 1 amide bonds. The van der Waals surface area contributed by atoms with E-state index in [1.807, 2.05) is 52.2 Å². The van der Waals surface area contributed by atoms with Gasteiger partial charge in [-0.05, 0) is 54.3 Å². The van der Waals surface area contributed by atoms with E-state index in [0.717, 1.165) is 35.4 Å². The average Bonchev–Trinajstić information content (AvgIpc) is 3.51. The van der Waals surface area contributed by atoms with Crippen molar-refractivity contribution in [2.45, 2.75) is 31.8 Å². The van der Waals surface area contributed by atoms with Crippen LogP contribution in [0.4, 0.5) is 4.39 Å². The van der Waals surface area contributed by atoms with Gasteiger partial charge in [-0.3, -0.25) is 19.4 Å². The summed E-state index contributed by atoms with van der Waals surface area (Å²) in [5.41, 5.74) is 4.07. The second kappa shape index (κ2) is 9.32. The highest BCUT2D eigenvalue weighted by Gasteiger charge is 2.32. The van der Waals surface area contributed by atoms with Gasteiger partial charge in [0.05, 0.1) is 30.2 Å². The van der Waals surface area contributed by atoms with E-state index in [2.05, 4.69) is 10.1 Å².